The lowest BCUT2D eigenvalue weighted by atomic mass is 10.00. The summed E-state index contributed by atoms with van der Waals surface area (Å²) < 4.78 is 10.9. The number of rotatable bonds is 8. The van der Waals surface area contributed by atoms with E-state index in [-0.39, 0.29) is 24.9 Å². The minimum absolute atomic E-state index is 0.0411. The smallest absolute Gasteiger partial charge is 0.407 e. The molecule has 0 saturated heterocycles. The van der Waals surface area contributed by atoms with Crippen LogP contribution in [-0.2, 0) is 9.47 Å². The summed E-state index contributed by atoms with van der Waals surface area (Å²) in [6.45, 7) is 8.20. The Morgan fingerprint density at radius 3 is 2.67 bits per heavy atom. The number of halogens is 1. The molecule has 1 amide bonds. The highest BCUT2D eigenvalue weighted by atomic mass is 35.5. The Labute approximate surface area is 149 Å². The molecule has 0 bridgehead atoms. The van der Waals surface area contributed by atoms with E-state index in [1.165, 1.54) is 0 Å². The summed E-state index contributed by atoms with van der Waals surface area (Å²) in [5, 5.41) is 12.4. The first-order chi connectivity index (χ1) is 11.2. The van der Waals surface area contributed by atoms with E-state index in [2.05, 4.69) is 5.32 Å². The fourth-order valence-corrected chi connectivity index (χ4v) is 2.44. The number of carbonyl (C=O) groups is 1. The molecular formula is C18H28ClNO4. The van der Waals surface area contributed by atoms with Crippen LogP contribution in [-0.4, -0.2) is 36.6 Å². The van der Waals surface area contributed by atoms with Gasteiger partial charge in [-0.2, -0.15) is 0 Å². The molecule has 6 heteroatoms. The van der Waals surface area contributed by atoms with Gasteiger partial charge in [0, 0.05) is 10.6 Å². The monoisotopic (exact) mass is 357 g/mol. The van der Waals surface area contributed by atoms with Gasteiger partial charge >= 0.3 is 6.09 Å². The number of carbonyl (C=O) groups excluding carboxylic acids is 1. The lowest BCUT2D eigenvalue weighted by Crippen LogP contribution is -2.41. The van der Waals surface area contributed by atoms with Crippen molar-refractivity contribution in [1.29, 1.82) is 0 Å². The predicted molar refractivity (Wildman–Crippen MR) is 95.4 cm³/mol. The number of aryl methyl sites for hydroxylation is 1. The highest BCUT2D eigenvalue weighted by Crippen LogP contribution is 2.28. The van der Waals surface area contributed by atoms with Gasteiger partial charge in [0.05, 0.1) is 25.9 Å². The second-order valence-electron chi connectivity index (χ2n) is 6.74. The van der Waals surface area contributed by atoms with Crippen LogP contribution in [0, 0.1) is 6.92 Å². The van der Waals surface area contributed by atoms with Gasteiger partial charge in [-0.05, 0) is 63.8 Å². The van der Waals surface area contributed by atoms with Gasteiger partial charge in [0.1, 0.15) is 0 Å². The number of alkyl carbamates (subject to hydrolysis) is 1. The molecule has 1 unspecified atom stereocenters. The Morgan fingerprint density at radius 1 is 1.33 bits per heavy atom. The topological polar surface area (TPSA) is 67.8 Å². The standard InChI is InChI=1S/C18H28ClNO4/c1-13-7-8-14(19)12-15(13)16(23-11-9-21)6-5-10-24-17(22)20-18(2,3)4/h7-8,12,16,21H,5-6,9-11H2,1-4H3,(H,20,22). The van der Waals surface area contributed by atoms with E-state index in [9.17, 15) is 4.79 Å². The first-order valence-electron chi connectivity index (χ1n) is 8.16. The predicted octanol–water partition coefficient (Wildman–Crippen LogP) is 4.00. The summed E-state index contributed by atoms with van der Waals surface area (Å²) in [5.41, 5.74) is 1.76. The van der Waals surface area contributed by atoms with Crippen molar-refractivity contribution in [2.45, 2.75) is 52.2 Å². The average Bonchev–Trinajstić information content (AvgIpc) is 2.47. The molecule has 2 N–H and O–H groups in total. The molecular weight excluding hydrogens is 330 g/mol. The maximum atomic E-state index is 11.6. The van der Waals surface area contributed by atoms with E-state index in [0.29, 0.717) is 24.5 Å². The van der Waals surface area contributed by atoms with Crippen LogP contribution in [0.3, 0.4) is 0 Å². The molecule has 1 aromatic rings. The van der Waals surface area contributed by atoms with E-state index in [0.717, 1.165) is 11.1 Å². The molecule has 1 aromatic carbocycles. The molecule has 0 aromatic heterocycles. The van der Waals surface area contributed by atoms with Gasteiger partial charge in [0.2, 0.25) is 0 Å². The highest BCUT2D eigenvalue weighted by molar-refractivity contribution is 6.30. The lowest BCUT2D eigenvalue weighted by Gasteiger charge is -2.21. The summed E-state index contributed by atoms with van der Waals surface area (Å²) in [4.78, 5) is 11.6. The van der Waals surface area contributed by atoms with E-state index in [4.69, 9.17) is 26.2 Å². The summed E-state index contributed by atoms with van der Waals surface area (Å²) in [6.07, 6.45) is 0.711. The van der Waals surface area contributed by atoms with Crippen molar-refractivity contribution in [3.63, 3.8) is 0 Å². The van der Waals surface area contributed by atoms with Crippen molar-refractivity contribution in [2.75, 3.05) is 19.8 Å². The number of benzene rings is 1. The molecule has 0 aliphatic heterocycles. The summed E-state index contributed by atoms with van der Waals surface area (Å²) in [5.74, 6) is 0. The Kier molecular flexibility index (Phi) is 8.53. The fraction of sp³-hybridized carbons (Fsp3) is 0.611. The van der Waals surface area contributed by atoms with Crippen molar-refractivity contribution >= 4 is 17.7 Å². The number of hydrogen-bond acceptors (Lipinski definition) is 4. The number of nitrogens with one attached hydrogen (secondary N) is 1. The van der Waals surface area contributed by atoms with Gasteiger partial charge in [-0.3, -0.25) is 0 Å². The van der Waals surface area contributed by atoms with Gasteiger partial charge in [0.25, 0.3) is 0 Å². The Morgan fingerprint density at radius 2 is 2.04 bits per heavy atom. The third kappa shape index (κ3) is 7.99. The van der Waals surface area contributed by atoms with E-state index < -0.39 is 6.09 Å². The highest BCUT2D eigenvalue weighted by Gasteiger charge is 2.17. The minimum Gasteiger partial charge on any atom is -0.450 e. The van der Waals surface area contributed by atoms with Gasteiger partial charge in [-0.25, -0.2) is 4.79 Å². The van der Waals surface area contributed by atoms with Crippen LogP contribution in [0.1, 0.15) is 50.8 Å². The Bertz CT molecular complexity index is 528. The van der Waals surface area contributed by atoms with Crippen LogP contribution >= 0.6 is 11.6 Å². The molecule has 0 heterocycles. The third-order valence-corrected chi connectivity index (χ3v) is 3.55. The maximum Gasteiger partial charge on any atom is 0.407 e. The minimum atomic E-state index is -0.422. The normalized spacial score (nSPS) is 12.8. The molecule has 0 aliphatic carbocycles. The van der Waals surface area contributed by atoms with Crippen LogP contribution in [0.15, 0.2) is 18.2 Å². The molecule has 0 aliphatic rings. The number of hydrogen-bond donors (Lipinski definition) is 2. The van der Waals surface area contributed by atoms with Gasteiger partial charge in [0.15, 0.2) is 0 Å². The maximum absolute atomic E-state index is 11.6. The number of aliphatic hydroxyl groups excluding tert-OH is 1. The molecule has 0 radical (unpaired) electrons. The number of ether oxygens (including phenoxy) is 2. The zero-order valence-electron chi connectivity index (χ0n) is 14.9. The average molecular weight is 358 g/mol. The van der Waals surface area contributed by atoms with E-state index in [1.54, 1.807) is 0 Å². The zero-order chi connectivity index (χ0) is 18.2. The molecule has 1 atom stereocenters. The second-order valence-corrected chi connectivity index (χ2v) is 7.17. The molecule has 5 nitrogen and oxygen atoms in total. The van der Waals surface area contributed by atoms with Crippen LogP contribution < -0.4 is 5.32 Å². The van der Waals surface area contributed by atoms with Gasteiger partial charge in [-0.15, -0.1) is 0 Å². The largest absolute Gasteiger partial charge is 0.450 e. The molecule has 0 fully saturated rings. The van der Waals surface area contributed by atoms with Crippen molar-refractivity contribution in [1.82, 2.24) is 5.32 Å². The quantitative estimate of drug-likeness (QED) is 0.690. The van der Waals surface area contributed by atoms with Gasteiger partial charge in [-0.1, -0.05) is 17.7 Å². The first kappa shape index (κ1) is 20.7. The fourth-order valence-electron chi connectivity index (χ4n) is 2.26. The van der Waals surface area contributed by atoms with Gasteiger partial charge < -0.3 is 19.9 Å². The van der Waals surface area contributed by atoms with Crippen LogP contribution in [0.5, 0.6) is 0 Å². The molecule has 0 spiro atoms. The number of aliphatic hydroxyl groups is 1. The molecule has 0 saturated carbocycles. The van der Waals surface area contributed by atoms with Crippen molar-refractivity contribution in [3.05, 3.63) is 34.3 Å². The van der Waals surface area contributed by atoms with Crippen molar-refractivity contribution < 1.29 is 19.4 Å². The Hall–Kier alpha value is -1.30. The first-order valence-corrected chi connectivity index (χ1v) is 8.54. The zero-order valence-corrected chi connectivity index (χ0v) is 15.7. The van der Waals surface area contributed by atoms with Crippen LogP contribution in [0.4, 0.5) is 4.79 Å². The van der Waals surface area contributed by atoms with Crippen molar-refractivity contribution in [3.8, 4) is 0 Å². The summed E-state index contributed by atoms with van der Waals surface area (Å²) in [6, 6.07) is 5.66. The molecule has 24 heavy (non-hydrogen) atoms. The molecule has 1 rings (SSSR count). The second kappa shape index (κ2) is 9.87. The Balaban J connectivity index is 2.55. The summed E-state index contributed by atoms with van der Waals surface area (Å²) >= 11 is 6.08. The SMILES string of the molecule is Cc1ccc(Cl)cc1C(CCCOC(=O)NC(C)(C)C)OCCO. The molecule has 136 valence electrons. The van der Waals surface area contributed by atoms with Crippen LogP contribution in [0.25, 0.3) is 0 Å². The van der Waals surface area contributed by atoms with E-state index in [1.807, 2.05) is 45.9 Å². The third-order valence-electron chi connectivity index (χ3n) is 3.32. The summed E-state index contributed by atoms with van der Waals surface area (Å²) in [7, 11) is 0. The van der Waals surface area contributed by atoms with E-state index >= 15 is 0 Å². The lowest BCUT2D eigenvalue weighted by molar-refractivity contribution is 0.0183. The number of amides is 1. The van der Waals surface area contributed by atoms with Crippen molar-refractivity contribution in [2.24, 2.45) is 0 Å². The van der Waals surface area contributed by atoms with Crippen LogP contribution in [0.2, 0.25) is 5.02 Å².